The Kier molecular flexibility index (Phi) is 6.33. The highest BCUT2D eigenvalue weighted by molar-refractivity contribution is 7.89. The minimum Gasteiger partial charge on any atom is -0.396 e. The molecule has 0 radical (unpaired) electrons. The van der Waals surface area contributed by atoms with Crippen molar-refractivity contribution in [3.8, 4) is 0 Å². The second-order valence-electron chi connectivity index (χ2n) is 5.69. The molecule has 0 aliphatic rings. The molecule has 1 unspecified atom stereocenters. The predicted molar refractivity (Wildman–Crippen MR) is 92.7 cm³/mol. The topological polar surface area (TPSA) is 66.4 Å². The van der Waals surface area contributed by atoms with E-state index in [0.717, 1.165) is 11.1 Å². The van der Waals surface area contributed by atoms with Gasteiger partial charge in [0.2, 0.25) is 10.0 Å². The number of sulfonamides is 1. The second kappa shape index (κ2) is 8.24. The van der Waals surface area contributed by atoms with Crippen molar-refractivity contribution < 1.29 is 13.5 Å². The van der Waals surface area contributed by atoms with Gasteiger partial charge in [0.15, 0.2) is 0 Å². The van der Waals surface area contributed by atoms with Crippen LogP contribution in [0.3, 0.4) is 0 Å². The van der Waals surface area contributed by atoms with Crippen LogP contribution in [-0.2, 0) is 10.0 Å². The van der Waals surface area contributed by atoms with Crippen LogP contribution in [0.1, 0.15) is 36.4 Å². The first kappa shape index (κ1) is 17.7. The van der Waals surface area contributed by atoms with E-state index < -0.39 is 16.1 Å². The van der Waals surface area contributed by atoms with Crippen LogP contribution in [0.5, 0.6) is 0 Å². The predicted octanol–water partition coefficient (Wildman–Crippen LogP) is 2.83. The molecule has 0 amide bonds. The third-order valence-electron chi connectivity index (χ3n) is 3.78. The standard InChI is InChI=1S/C18H23NO3S/c1-15(16-8-4-2-5-9-16)14-23(21,22)19-18(12-13-20)17-10-6-3-7-11-17/h2-11,15,18-20H,12-14H2,1H3/t15?,18-/m1/s1. The Balaban J connectivity index is 2.09. The van der Waals surface area contributed by atoms with E-state index in [1.807, 2.05) is 67.6 Å². The number of hydrogen-bond acceptors (Lipinski definition) is 3. The summed E-state index contributed by atoms with van der Waals surface area (Å²) >= 11 is 0. The molecule has 0 saturated heterocycles. The summed E-state index contributed by atoms with van der Waals surface area (Å²) in [6, 6.07) is 18.5. The lowest BCUT2D eigenvalue weighted by Gasteiger charge is -2.20. The lowest BCUT2D eigenvalue weighted by Crippen LogP contribution is -2.32. The van der Waals surface area contributed by atoms with Crippen molar-refractivity contribution in [2.24, 2.45) is 0 Å². The van der Waals surface area contributed by atoms with Crippen LogP contribution in [-0.4, -0.2) is 25.9 Å². The molecule has 2 aromatic rings. The van der Waals surface area contributed by atoms with Crippen molar-refractivity contribution in [2.75, 3.05) is 12.4 Å². The van der Waals surface area contributed by atoms with Gasteiger partial charge >= 0.3 is 0 Å². The zero-order chi connectivity index (χ0) is 16.7. The molecule has 0 aromatic heterocycles. The molecule has 23 heavy (non-hydrogen) atoms. The van der Waals surface area contributed by atoms with E-state index in [2.05, 4.69) is 4.72 Å². The fourth-order valence-corrected chi connectivity index (χ4v) is 4.21. The molecule has 2 atom stereocenters. The average Bonchev–Trinajstić information content (AvgIpc) is 2.55. The van der Waals surface area contributed by atoms with Gasteiger partial charge in [-0.2, -0.15) is 0 Å². The van der Waals surface area contributed by atoms with Gasteiger partial charge in [0.05, 0.1) is 5.75 Å². The molecule has 2 aromatic carbocycles. The molecule has 0 spiro atoms. The maximum absolute atomic E-state index is 12.5. The Labute approximate surface area is 138 Å². The van der Waals surface area contributed by atoms with Gasteiger partial charge in [-0.1, -0.05) is 67.6 Å². The van der Waals surface area contributed by atoms with Crippen LogP contribution in [0.15, 0.2) is 60.7 Å². The largest absolute Gasteiger partial charge is 0.396 e. The molecule has 4 nitrogen and oxygen atoms in total. The molecule has 5 heteroatoms. The summed E-state index contributed by atoms with van der Waals surface area (Å²) in [6.07, 6.45) is 0.350. The van der Waals surface area contributed by atoms with Crippen molar-refractivity contribution in [2.45, 2.75) is 25.3 Å². The van der Waals surface area contributed by atoms with Gasteiger partial charge in [-0.15, -0.1) is 0 Å². The molecule has 0 heterocycles. The SMILES string of the molecule is CC(CS(=O)(=O)N[C@H](CCO)c1ccccc1)c1ccccc1. The van der Waals surface area contributed by atoms with Crippen molar-refractivity contribution in [3.63, 3.8) is 0 Å². The second-order valence-corrected chi connectivity index (χ2v) is 7.49. The van der Waals surface area contributed by atoms with Crippen LogP contribution >= 0.6 is 0 Å². The minimum atomic E-state index is -3.46. The van der Waals surface area contributed by atoms with Crippen LogP contribution in [0.25, 0.3) is 0 Å². The average molecular weight is 333 g/mol. The molecular weight excluding hydrogens is 310 g/mol. The van der Waals surface area contributed by atoms with Gasteiger partial charge in [0.1, 0.15) is 0 Å². The smallest absolute Gasteiger partial charge is 0.212 e. The van der Waals surface area contributed by atoms with E-state index in [-0.39, 0.29) is 18.3 Å². The number of hydrogen-bond donors (Lipinski definition) is 2. The van der Waals surface area contributed by atoms with E-state index >= 15 is 0 Å². The monoisotopic (exact) mass is 333 g/mol. The van der Waals surface area contributed by atoms with E-state index in [0.29, 0.717) is 6.42 Å². The Bertz CT molecular complexity index is 687. The number of aliphatic hydroxyl groups excluding tert-OH is 1. The number of nitrogens with one attached hydrogen (secondary N) is 1. The molecule has 0 fully saturated rings. The summed E-state index contributed by atoms with van der Waals surface area (Å²) in [5.41, 5.74) is 1.86. The Morgan fingerprint density at radius 2 is 1.48 bits per heavy atom. The van der Waals surface area contributed by atoms with Gasteiger partial charge in [-0.3, -0.25) is 0 Å². The van der Waals surface area contributed by atoms with E-state index in [4.69, 9.17) is 0 Å². The Morgan fingerprint density at radius 3 is 2.00 bits per heavy atom. The summed E-state index contributed by atoms with van der Waals surface area (Å²) in [5.74, 6) is -0.0783. The summed E-state index contributed by atoms with van der Waals surface area (Å²) < 4.78 is 27.7. The third-order valence-corrected chi connectivity index (χ3v) is 5.36. The lowest BCUT2D eigenvalue weighted by atomic mass is 10.0. The number of rotatable bonds is 8. The first-order valence-corrected chi connectivity index (χ1v) is 9.38. The molecule has 2 N–H and O–H groups in total. The van der Waals surface area contributed by atoms with Crippen molar-refractivity contribution in [1.29, 1.82) is 0 Å². The summed E-state index contributed by atoms with van der Waals surface area (Å²) in [5, 5.41) is 9.22. The fourth-order valence-electron chi connectivity index (χ4n) is 2.58. The highest BCUT2D eigenvalue weighted by atomic mass is 32.2. The minimum absolute atomic E-state index is 0.0196. The van der Waals surface area contributed by atoms with Crippen LogP contribution < -0.4 is 4.72 Å². The van der Waals surface area contributed by atoms with Gasteiger partial charge < -0.3 is 5.11 Å². The van der Waals surface area contributed by atoms with Crippen LogP contribution in [0.2, 0.25) is 0 Å². The van der Waals surface area contributed by atoms with E-state index in [9.17, 15) is 13.5 Å². The summed E-state index contributed by atoms with van der Waals surface area (Å²) in [4.78, 5) is 0. The fraction of sp³-hybridized carbons (Fsp3) is 0.333. The Hall–Kier alpha value is -1.69. The quantitative estimate of drug-likeness (QED) is 0.781. The van der Waals surface area contributed by atoms with Gasteiger partial charge in [0, 0.05) is 12.6 Å². The van der Waals surface area contributed by atoms with Crippen molar-refractivity contribution in [3.05, 3.63) is 71.8 Å². The highest BCUT2D eigenvalue weighted by Crippen LogP contribution is 2.20. The van der Waals surface area contributed by atoms with Gasteiger partial charge in [0.25, 0.3) is 0 Å². The molecule has 0 saturated carbocycles. The maximum Gasteiger partial charge on any atom is 0.212 e. The molecule has 0 aliphatic heterocycles. The molecule has 124 valence electrons. The molecular formula is C18H23NO3S. The molecule has 0 aliphatic carbocycles. The van der Waals surface area contributed by atoms with E-state index in [1.165, 1.54) is 0 Å². The van der Waals surface area contributed by atoms with Gasteiger partial charge in [-0.25, -0.2) is 13.1 Å². The van der Waals surface area contributed by atoms with E-state index in [1.54, 1.807) is 0 Å². The molecule has 2 rings (SSSR count). The zero-order valence-electron chi connectivity index (χ0n) is 13.2. The van der Waals surface area contributed by atoms with Gasteiger partial charge in [-0.05, 0) is 23.5 Å². The lowest BCUT2D eigenvalue weighted by molar-refractivity contribution is 0.272. The van der Waals surface area contributed by atoms with Crippen LogP contribution in [0, 0.1) is 0 Å². The van der Waals surface area contributed by atoms with Crippen molar-refractivity contribution >= 4 is 10.0 Å². The summed E-state index contributed by atoms with van der Waals surface area (Å²) in [7, 11) is -3.46. The normalized spacial score (nSPS) is 14.3. The molecule has 0 bridgehead atoms. The number of aliphatic hydroxyl groups is 1. The Morgan fingerprint density at radius 1 is 0.957 bits per heavy atom. The highest BCUT2D eigenvalue weighted by Gasteiger charge is 2.22. The zero-order valence-corrected chi connectivity index (χ0v) is 14.0. The number of benzene rings is 2. The first-order valence-electron chi connectivity index (χ1n) is 7.72. The third kappa shape index (κ3) is 5.46. The summed E-state index contributed by atoms with van der Waals surface area (Å²) in [6.45, 7) is 1.83. The first-order chi connectivity index (χ1) is 11.0. The maximum atomic E-state index is 12.5. The van der Waals surface area contributed by atoms with Crippen LogP contribution in [0.4, 0.5) is 0 Å². The van der Waals surface area contributed by atoms with Crippen molar-refractivity contribution in [1.82, 2.24) is 4.72 Å².